The second-order valence-electron chi connectivity index (χ2n) is 3.84. The van der Waals surface area contributed by atoms with E-state index in [1.165, 1.54) is 11.8 Å². The maximum absolute atomic E-state index is 11.5. The first-order valence-corrected chi connectivity index (χ1v) is 5.77. The second kappa shape index (κ2) is 5.87. The molecule has 2 rings (SSSR count). The van der Waals surface area contributed by atoms with Crippen molar-refractivity contribution in [2.75, 3.05) is 7.11 Å². The molecule has 0 unspecified atom stereocenters. The molecule has 0 saturated carbocycles. The van der Waals surface area contributed by atoms with Gasteiger partial charge in [0.1, 0.15) is 0 Å². The van der Waals surface area contributed by atoms with E-state index in [1.807, 2.05) is 13.0 Å². The number of aliphatic imine (C=N–C) groups is 2. The Balaban J connectivity index is 2.53. The van der Waals surface area contributed by atoms with Crippen LogP contribution in [-0.4, -0.2) is 40.4 Å². The highest BCUT2D eigenvalue weighted by atomic mass is 16.5. The predicted molar refractivity (Wildman–Crippen MR) is 74.8 cm³/mol. The van der Waals surface area contributed by atoms with E-state index in [1.54, 1.807) is 24.5 Å². The van der Waals surface area contributed by atoms with E-state index in [-0.39, 0.29) is 5.84 Å². The molecule has 0 saturated heterocycles. The molecule has 0 aliphatic rings. The largest absolute Gasteiger partial charge is 0.463 e. The van der Waals surface area contributed by atoms with Crippen LogP contribution in [0, 0.1) is 6.92 Å². The highest BCUT2D eigenvalue weighted by Gasteiger charge is 2.14. The molecular weight excluding hydrogens is 258 g/mol. The Bertz CT molecular complexity index is 661. The molecule has 0 amide bonds. The van der Waals surface area contributed by atoms with Gasteiger partial charge in [-0.25, -0.2) is 19.8 Å². The molecule has 7 heteroatoms. The van der Waals surface area contributed by atoms with E-state index >= 15 is 0 Å². The van der Waals surface area contributed by atoms with Crippen molar-refractivity contribution in [1.29, 1.82) is 0 Å². The number of esters is 1. The van der Waals surface area contributed by atoms with Gasteiger partial charge in [-0.05, 0) is 25.8 Å². The average molecular weight is 271 g/mol. The fourth-order valence-corrected chi connectivity index (χ4v) is 1.54. The highest BCUT2D eigenvalue weighted by Crippen LogP contribution is 2.21. The van der Waals surface area contributed by atoms with Gasteiger partial charge in [-0.1, -0.05) is 6.07 Å². The number of ether oxygens (including phenoxy) is 1. The van der Waals surface area contributed by atoms with E-state index in [0.29, 0.717) is 11.6 Å². The number of hydrogen-bond donors (Lipinski definition) is 0. The number of rotatable bonds is 2. The van der Waals surface area contributed by atoms with Crippen molar-refractivity contribution in [3.05, 3.63) is 36.2 Å². The molecule has 102 valence electrons. The van der Waals surface area contributed by atoms with Gasteiger partial charge in [0.2, 0.25) is 5.84 Å². The van der Waals surface area contributed by atoms with E-state index < -0.39 is 5.97 Å². The number of pyridine rings is 1. The van der Waals surface area contributed by atoms with Crippen molar-refractivity contribution in [2.24, 2.45) is 9.98 Å². The molecule has 0 N–H and O–H groups in total. The minimum Gasteiger partial charge on any atom is -0.463 e. The summed E-state index contributed by atoms with van der Waals surface area (Å²) in [5.41, 5.74) is 0.778. The van der Waals surface area contributed by atoms with Gasteiger partial charge < -0.3 is 4.74 Å². The van der Waals surface area contributed by atoms with Gasteiger partial charge in [0.25, 0.3) is 0 Å². The quantitative estimate of drug-likeness (QED) is 0.470. The van der Waals surface area contributed by atoms with Crippen LogP contribution in [0.2, 0.25) is 0 Å². The molecular formula is C13H13N5O2. The number of amidine groups is 1. The first-order chi connectivity index (χ1) is 9.67. The monoisotopic (exact) mass is 271 g/mol. The maximum Gasteiger partial charge on any atom is 0.376 e. The van der Waals surface area contributed by atoms with Crippen LogP contribution in [0.15, 0.2) is 40.6 Å². The van der Waals surface area contributed by atoms with Crippen molar-refractivity contribution >= 4 is 24.3 Å². The molecule has 0 radical (unpaired) electrons. The molecule has 0 aromatic carbocycles. The molecule has 7 nitrogen and oxygen atoms in total. The van der Waals surface area contributed by atoms with Crippen LogP contribution < -0.4 is 0 Å². The summed E-state index contributed by atoms with van der Waals surface area (Å²) in [6, 6.07) is 5.42. The number of carbonyl (C=O) groups is 1. The van der Waals surface area contributed by atoms with Crippen molar-refractivity contribution in [3.8, 4) is 5.82 Å². The topological polar surface area (TPSA) is 81.7 Å². The summed E-state index contributed by atoms with van der Waals surface area (Å²) < 4.78 is 6.11. The van der Waals surface area contributed by atoms with Crippen LogP contribution in [0.4, 0.5) is 5.82 Å². The molecule has 2 aromatic heterocycles. The number of hydrogen-bond acceptors (Lipinski definition) is 5. The summed E-state index contributed by atoms with van der Waals surface area (Å²) in [7, 11) is 1.26. The lowest BCUT2D eigenvalue weighted by atomic mass is 10.3. The van der Waals surface area contributed by atoms with Gasteiger partial charge in [0.15, 0.2) is 11.6 Å². The maximum atomic E-state index is 11.5. The summed E-state index contributed by atoms with van der Waals surface area (Å²) in [6.45, 7) is 5.14. The number of carbonyl (C=O) groups excluding carboxylic acids is 1. The van der Waals surface area contributed by atoms with Gasteiger partial charge in [-0.2, -0.15) is 9.78 Å². The third-order valence-corrected chi connectivity index (χ3v) is 2.52. The van der Waals surface area contributed by atoms with Crippen LogP contribution >= 0.6 is 0 Å². The van der Waals surface area contributed by atoms with Crippen molar-refractivity contribution in [1.82, 2.24) is 14.8 Å². The third kappa shape index (κ3) is 2.61. The van der Waals surface area contributed by atoms with E-state index in [4.69, 9.17) is 0 Å². The predicted octanol–water partition coefficient (Wildman–Crippen LogP) is 1.48. The smallest absolute Gasteiger partial charge is 0.376 e. The molecule has 20 heavy (non-hydrogen) atoms. The molecule has 0 bridgehead atoms. The van der Waals surface area contributed by atoms with Crippen molar-refractivity contribution in [2.45, 2.75) is 6.92 Å². The van der Waals surface area contributed by atoms with Gasteiger partial charge >= 0.3 is 5.97 Å². The zero-order valence-corrected chi connectivity index (χ0v) is 11.1. The second-order valence-corrected chi connectivity index (χ2v) is 3.84. The standard InChI is InChI=1S/C13H13N5O2/c1-9-8-16-18(10-6-4-5-7-15-10)12(9)17-11(14-2)13(19)20-3/h4-8H,2H2,1,3H3. The van der Waals surface area contributed by atoms with E-state index in [2.05, 4.69) is 31.5 Å². The zero-order chi connectivity index (χ0) is 14.5. The fourth-order valence-electron chi connectivity index (χ4n) is 1.54. The van der Waals surface area contributed by atoms with Crippen LogP contribution in [0.5, 0.6) is 0 Å². The Labute approximate surface area is 115 Å². The number of methoxy groups -OCH3 is 1. The molecule has 2 heterocycles. The Hall–Kier alpha value is -2.83. The van der Waals surface area contributed by atoms with Gasteiger partial charge in [-0.15, -0.1) is 0 Å². The summed E-state index contributed by atoms with van der Waals surface area (Å²) in [6.07, 6.45) is 3.28. The number of aromatic nitrogens is 3. The zero-order valence-electron chi connectivity index (χ0n) is 11.1. The molecule has 0 spiro atoms. The normalized spacial score (nSPS) is 11.2. The van der Waals surface area contributed by atoms with Crippen LogP contribution in [0.1, 0.15) is 5.56 Å². The van der Waals surface area contributed by atoms with Crippen molar-refractivity contribution < 1.29 is 9.53 Å². The van der Waals surface area contributed by atoms with Gasteiger partial charge in [0.05, 0.1) is 13.3 Å². The number of nitrogens with zero attached hydrogens (tertiary/aromatic N) is 5. The van der Waals surface area contributed by atoms with Gasteiger partial charge in [0, 0.05) is 11.8 Å². The first-order valence-electron chi connectivity index (χ1n) is 5.77. The van der Waals surface area contributed by atoms with E-state index in [9.17, 15) is 4.79 Å². The Morgan fingerprint density at radius 1 is 1.45 bits per heavy atom. The number of aryl methyl sites for hydroxylation is 1. The summed E-state index contributed by atoms with van der Waals surface area (Å²) >= 11 is 0. The lowest BCUT2D eigenvalue weighted by molar-refractivity contribution is -0.132. The highest BCUT2D eigenvalue weighted by molar-refractivity contribution is 6.37. The minimum absolute atomic E-state index is 0.131. The summed E-state index contributed by atoms with van der Waals surface area (Å²) in [5.74, 6) is 0.255. The Morgan fingerprint density at radius 3 is 2.85 bits per heavy atom. The van der Waals surface area contributed by atoms with Crippen LogP contribution in [0.25, 0.3) is 5.82 Å². The molecule has 2 aromatic rings. The van der Waals surface area contributed by atoms with Crippen LogP contribution in [0.3, 0.4) is 0 Å². The Kier molecular flexibility index (Phi) is 3.99. The summed E-state index contributed by atoms with van der Waals surface area (Å²) in [5, 5.41) is 4.19. The van der Waals surface area contributed by atoms with Gasteiger partial charge in [-0.3, -0.25) is 0 Å². The lowest BCUT2D eigenvalue weighted by Crippen LogP contribution is -2.13. The van der Waals surface area contributed by atoms with E-state index in [0.717, 1.165) is 5.56 Å². The molecule has 0 aliphatic carbocycles. The molecule has 0 aliphatic heterocycles. The summed E-state index contributed by atoms with van der Waals surface area (Å²) in [4.78, 5) is 23.4. The molecule has 0 fully saturated rings. The minimum atomic E-state index is -0.659. The Morgan fingerprint density at radius 2 is 2.25 bits per heavy atom. The average Bonchev–Trinajstić information content (AvgIpc) is 2.85. The third-order valence-electron chi connectivity index (χ3n) is 2.52. The van der Waals surface area contributed by atoms with Crippen LogP contribution in [-0.2, 0) is 9.53 Å². The SMILES string of the molecule is C=NC(=Nc1c(C)cnn1-c1ccccn1)C(=O)OC. The van der Waals surface area contributed by atoms with Crippen molar-refractivity contribution in [3.63, 3.8) is 0 Å². The fraction of sp³-hybridized carbons (Fsp3) is 0.154. The lowest BCUT2D eigenvalue weighted by Gasteiger charge is -2.04. The first kappa shape index (κ1) is 13.6. The molecule has 0 atom stereocenters.